The maximum atomic E-state index is 12.3. The van der Waals surface area contributed by atoms with Crippen molar-refractivity contribution in [1.29, 1.82) is 0 Å². The third-order valence-corrected chi connectivity index (χ3v) is 5.22. The molecule has 2 atom stereocenters. The number of piperidine rings is 1. The Balaban J connectivity index is 1.35. The van der Waals surface area contributed by atoms with Gasteiger partial charge < -0.3 is 19.7 Å². The molecule has 2 fully saturated rings. The monoisotopic (exact) mass is 345 g/mol. The van der Waals surface area contributed by atoms with Crippen LogP contribution < -0.4 is 14.8 Å². The van der Waals surface area contributed by atoms with Crippen LogP contribution in [-0.4, -0.2) is 66.3 Å². The van der Waals surface area contributed by atoms with E-state index in [0.717, 1.165) is 50.5 Å². The SMILES string of the molecule is CC1(C)CN([C@H]2CCCN(C[C@H]3COc4ccccc4O3)C2)C(=O)N1. The topological polar surface area (TPSA) is 54.0 Å². The molecule has 0 spiro atoms. The summed E-state index contributed by atoms with van der Waals surface area (Å²) in [4.78, 5) is 16.7. The van der Waals surface area contributed by atoms with Crippen molar-refractivity contribution in [2.24, 2.45) is 0 Å². The van der Waals surface area contributed by atoms with Crippen LogP contribution in [-0.2, 0) is 0 Å². The standard InChI is InChI=1S/C19H27N3O3/c1-19(2)13-22(18(23)20-19)14-6-5-9-21(10-14)11-15-12-24-16-7-3-4-8-17(16)25-15/h3-4,7-8,14-15H,5-6,9-13H2,1-2H3,(H,20,23)/t14-,15-/m0/s1. The minimum Gasteiger partial charge on any atom is -0.486 e. The number of ether oxygens (including phenoxy) is 2. The minimum absolute atomic E-state index is 0.0393. The summed E-state index contributed by atoms with van der Waals surface area (Å²) < 4.78 is 11.9. The molecule has 1 aromatic rings. The van der Waals surface area contributed by atoms with Gasteiger partial charge in [-0.15, -0.1) is 0 Å². The second kappa shape index (κ2) is 6.41. The summed E-state index contributed by atoms with van der Waals surface area (Å²) in [5, 5.41) is 3.07. The molecule has 25 heavy (non-hydrogen) atoms. The molecule has 0 aliphatic carbocycles. The van der Waals surface area contributed by atoms with Gasteiger partial charge in [-0.05, 0) is 45.4 Å². The van der Waals surface area contributed by atoms with Crippen molar-refractivity contribution in [1.82, 2.24) is 15.1 Å². The maximum absolute atomic E-state index is 12.3. The van der Waals surface area contributed by atoms with Crippen LogP contribution in [0, 0.1) is 0 Å². The molecule has 1 aromatic carbocycles. The van der Waals surface area contributed by atoms with Crippen molar-refractivity contribution in [3.63, 3.8) is 0 Å². The van der Waals surface area contributed by atoms with Gasteiger partial charge in [-0.25, -0.2) is 4.79 Å². The number of amides is 2. The third kappa shape index (κ3) is 3.54. The van der Waals surface area contributed by atoms with Gasteiger partial charge in [0.15, 0.2) is 11.5 Å². The molecule has 3 heterocycles. The van der Waals surface area contributed by atoms with E-state index >= 15 is 0 Å². The normalized spacial score (nSPS) is 28.7. The largest absolute Gasteiger partial charge is 0.486 e. The number of hydrogen-bond acceptors (Lipinski definition) is 4. The Morgan fingerprint density at radius 3 is 2.84 bits per heavy atom. The van der Waals surface area contributed by atoms with Gasteiger partial charge in [0.1, 0.15) is 12.7 Å². The van der Waals surface area contributed by atoms with Crippen molar-refractivity contribution in [3.8, 4) is 11.5 Å². The van der Waals surface area contributed by atoms with Gasteiger partial charge in [0.2, 0.25) is 0 Å². The smallest absolute Gasteiger partial charge is 0.318 e. The van der Waals surface area contributed by atoms with Gasteiger partial charge in [-0.1, -0.05) is 12.1 Å². The quantitative estimate of drug-likeness (QED) is 0.911. The Kier molecular flexibility index (Phi) is 4.23. The fraction of sp³-hybridized carbons (Fsp3) is 0.632. The van der Waals surface area contributed by atoms with E-state index in [1.807, 2.05) is 29.2 Å². The second-order valence-electron chi connectivity index (χ2n) is 8.00. The summed E-state index contributed by atoms with van der Waals surface area (Å²) >= 11 is 0. The third-order valence-electron chi connectivity index (χ3n) is 5.22. The Bertz CT molecular complexity index is 649. The average Bonchev–Trinajstić information content (AvgIpc) is 2.88. The van der Waals surface area contributed by atoms with Gasteiger partial charge in [0.05, 0.1) is 5.54 Å². The van der Waals surface area contributed by atoms with Gasteiger partial charge in [0.25, 0.3) is 0 Å². The molecule has 0 aromatic heterocycles. The first-order valence-electron chi connectivity index (χ1n) is 9.20. The van der Waals surface area contributed by atoms with Crippen molar-refractivity contribution in [2.45, 2.75) is 44.4 Å². The van der Waals surface area contributed by atoms with E-state index in [2.05, 4.69) is 24.1 Å². The minimum atomic E-state index is -0.136. The first-order valence-corrected chi connectivity index (χ1v) is 9.20. The molecule has 3 aliphatic heterocycles. The number of urea groups is 1. The van der Waals surface area contributed by atoms with E-state index in [1.165, 1.54) is 0 Å². The van der Waals surface area contributed by atoms with Gasteiger partial charge in [0, 0.05) is 25.7 Å². The highest BCUT2D eigenvalue weighted by Gasteiger charge is 2.40. The lowest BCUT2D eigenvalue weighted by molar-refractivity contribution is 0.0398. The molecular formula is C19H27N3O3. The zero-order valence-corrected chi connectivity index (χ0v) is 15.0. The van der Waals surface area contributed by atoms with Gasteiger partial charge >= 0.3 is 6.03 Å². The highest BCUT2D eigenvalue weighted by molar-refractivity contribution is 5.78. The molecule has 3 aliphatic rings. The number of nitrogens with one attached hydrogen (secondary N) is 1. The molecule has 0 unspecified atom stereocenters. The molecule has 2 saturated heterocycles. The lowest BCUT2D eigenvalue weighted by Gasteiger charge is -2.39. The van der Waals surface area contributed by atoms with E-state index in [0.29, 0.717) is 6.61 Å². The van der Waals surface area contributed by atoms with E-state index in [9.17, 15) is 4.79 Å². The van der Waals surface area contributed by atoms with E-state index in [1.54, 1.807) is 0 Å². The average molecular weight is 345 g/mol. The van der Waals surface area contributed by atoms with E-state index in [-0.39, 0.29) is 23.7 Å². The Hall–Kier alpha value is -1.95. The van der Waals surface area contributed by atoms with Crippen molar-refractivity contribution in [3.05, 3.63) is 24.3 Å². The molecule has 6 heteroatoms. The number of hydrogen-bond donors (Lipinski definition) is 1. The molecule has 1 N–H and O–H groups in total. The van der Waals surface area contributed by atoms with Gasteiger partial charge in [-0.2, -0.15) is 0 Å². The summed E-state index contributed by atoms with van der Waals surface area (Å²) in [5.74, 6) is 1.65. The predicted octanol–water partition coefficient (Wildman–Crippen LogP) is 2.09. The zero-order valence-electron chi connectivity index (χ0n) is 15.0. The summed E-state index contributed by atoms with van der Waals surface area (Å²) in [5.41, 5.74) is -0.136. The fourth-order valence-electron chi connectivity index (χ4n) is 4.09. The van der Waals surface area contributed by atoms with Crippen LogP contribution in [0.3, 0.4) is 0 Å². The fourth-order valence-corrected chi connectivity index (χ4v) is 4.09. The molecule has 0 radical (unpaired) electrons. The highest BCUT2D eigenvalue weighted by atomic mass is 16.6. The van der Waals surface area contributed by atoms with Crippen LogP contribution in [0.15, 0.2) is 24.3 Å². The van der Waals surface area contributed by atoms with Crippen LogP contribution in [0.1, 0.15) is 26.7 Å². The molecular weight excluding hydrogens is 318 g/mol. The number of carbonyl (C=O) groups is 1. The Morgan fingerprint density at radius 1 is 1.28 bits per heavy atom. The number of nitrogens with zero attached hydrogens (tertiary/aromatic N) is 2. The molecule has 136 valence electrons. The Labute approximate surface area is 149 Å². The van der Waals surface area contributed by atoms with Crippen LogP contribution in [0.2, 0.25) is 0 Å². The number of likely N-dealkylation sites (tertiary alicyclic amines) is 1. The number of benzene rings is 1. The Morgan fingerprint density at radius 2 is 2.08 bits per heavy atom. The number of rotatable bonds is 3. The summed E-state index contributed by atoms with van der Waals surface area (Å²) in [6.07, 6.45) is 2.22. The highest BCUT2D eigenvalue weighted by Crippen LogP contribution is 2.31. The summed E-state index contributed by atoms with van der Waals surface area (Å²) in [6.45, 7) is 8.31. The number of para-hydroxylation sites is 2. The van der Waals surface area contributed by atoms with Crippen molar-refractivity contribution >= 4 is 6.03 Å². The van der Waals surface area contributed by atoms with Crippen LogP contribution in [0.4, 0.5) is 4.79 Å². The first kappa shape index (κ1) is 16.5. The molecule has 2 amide bonds. The summed E-state index contributed by atoms with van der Waals surface area (Å²) in [7, 11) is 0. The summed E-state index contributed by atoms with van der Waals surface area (Å²) in [6, 6.07) is 8.18. The second-order valence-corrected chi connectivity index (χ2v) is 8.00. The van der Waals surface area contributed by atoms with Crippen LogP contribution >= 0.6 is 0 Å². The lowest BCUT2D eigenvalue weighted by Crippen LogP contribution is -2.52. The van der Waals surface area contributed by atoms with Crippen molar-refractivity contribution in [2.75, 3.05) is 32.8 Å². The van der Waals surface area contributed by atoms with Crippen molar-refractivity contribution < 1.29 is 14.3 Å². The maximum Gasteiger partial charge on any atom is 0.318 e. The first-order chi connectivity index (χ1) is 12.0. The number of carbonyl (C=O) groups excluding carboxylic acids is 1. The van der Waals surface area contributed by atoms with E-state index < -0.39 is 0 Å². The van der Waals surface area contributed by atoms with Gasteiger partial charge in [-0.3, -0.25) is 4.90 Å². The molecule has 4 rings (SSSR count). The predicted molar refractivity (Wildman–Crippen MR) is 95.1 cm³/mol. The molecule has 6 nitrogen and oxygen atoms in total. The lowest BCUT2D eigenvalue weighted by atomic mass is 10.0. The van der Waals surface area contributed by atoms with Crippen LogP contribution in [0.25, 0.3) is 0 Å². The zero-order chi connectivity index (χ0) is 17.4. The van der Waals surface area contributed by atoms with E-state index in [4.69, 9.17) is 9.47 Å². The van der Waals surface area contributed by atoms with Crippen LogP contribution in [0.5, 0.6) is 11.5 Å². The molecule has 0 saturated carbocycles. The molecule has 0 bridgehead atoms. The number of fused-ring (bicyclic) bond motifs is 1.